The number of unbranched alkanes of at least 4 members (excludes halogenated alkanes) is 31. The fourth-order valence-electron chi connectivity index (χ4n) is 6.08. The molecule has 0 bridgehead atoms. The third-order valence-electron chi connectivity index (χ3n) is 9.10. The highest BCUT2D eigenvalue weighted by Gasteiger charge is 2.08. The Morgan fingerprint density at radius 3 is 0.905 bits per heavy atom. The summed E-state index contributed by atoms with van der Waals surface area (Å²) in [5.41, 5.74) is 0.673. The first kappa shape index (κ1) is 41.2. The molecule has 0 heterocycles. The molecule has 250 valence electrons. The molecule has 42 heavy (non-hydrogen) atoms. The van der Waals surface area contributed by atoms with Crippen molar-refractivity contribution < 1.29 is 9.53 Å². The summed E-state index contributed by atoms with van der Waals surface area (Å²) in [6, 6.07) is 0. The zero-order valence-electron chi connectivity index (χ0n) is 29.3. The lowest BCUT2D eigenvalue weighted by Gasteiger charge is -2.08. The third kappa shape index (κ3) is 33.7. The monoisotopic (exact) mass is 591 g/mol. The molecule has 0 aliphatic heterocycles. The summed E-state index contributed by atoms with van der Waals surface area (Å²) in [6.07, 6.45) is 46.0. The van der Waals surface area contributed by atoms with Crippen LogP contribution >= 0.6 is 0 Å². The first-order valence-corrected chi connectivity index (χ1v) is 19.6. The van der Waals surface area contributed by atoms with Crippen LogP contribution in [0.1, 0.15) is 232 Å². The third-order valence-corrected chi connectivity index (χ3v) is 9.10. The van der Waals surface area contributed by atoms with Crippen LogP contribution in [0.15, 0.2) is 12.2 Å². The lowest BCUT2D eigenvalue weighted by Crippen LogP contribution is -2.08. The lowest BCUT2D eigenvalue weighted by atomic mass is 10.0. The highest BCUT2D eigenvalue weighted by Crippen LogP contribution is 2.16. The molecule has 0 saturated heterocycles. The van der Waals surface area contributed by atoms with Gasteiger partial charge in [-0.3, -0.25) is 0 Å². The lowest BCUT2D eigenvalue weighted by molar-refractivity contribution is -0.139. The molecule has 0 spiro atoms. The number of hydrogen-bond donors (Lipinski definition) is 0. The van der Waals surface area contributed by atoms with Crippen molar-refractivity contribution in [3.05, 3.63) is 12.2 Å². The van der Waals surface area contributed by atoms with Gasteiger partial charge in [0, 0.05) is 5.57 Å². The van der Waals surface area contributed by atoms with Crippen LogP contribution in [0.4, 0.5) is 0 Å². The minimum absolute atomic E-state index is 0.160. The molecule has 0 aliphatic carbocycles. The summed E-state index contributed by atoms with van der Waals surface area (Å²) >= 11 is 0. The zero-order valence-corrected chi connectivity index (χ0v) is 29.3. The van der Waals surface area contributed by atoms with Gasteiger partial charge in [0.1, 0.15) is 0 Å². The topological polar surface area (TPSA) is 26.3 Å². The van der Waals surface area contributed by atoms with Gasteiger partial charge < -0.3 is 4.74 Å². The van der Waals surface area contributed by atoms with Crippen LogP contribution in [-0.2, 0) is 9.53 Å². The highest BCUT2D eigenvalue weighted by atomic mass is 16.5. The molecule has 0 fully saturated rings. The van der Waals surface area contributed by atoms with Crippen molar-refractivity contribution in [1.82, 2.24) is 0 Å². The average Bonchev–Trinajstić information content (AvgIpc) is 3.00. The van der Waals surface area contributed by atoms with E-state index in [1.807, 2.05) is 0 Å². The standard InChI is InChI=1S/C40H78O2/c1-4-6-8-10-12-14-16-18-20-21-22-24-26-28-30-32-34-36-38-42-40(41)39(3)37-35-33-31-29-27-25-23-19-17-15-13-11-9-7-5-2/h3-38H2,1-2H3. The van der Waals surface area contributed by atoms with Gasteiger partial charge in [-0.2, -0.15) is 0 Å². The summed E-state index contributed by atoms with van der Waals surface area (Å²) in [4.78, 5) is 12.2. The minimum Gasteiger partial charge on any atom is -0.462 e. The van der Waals surface area contributed by atoms with E-state index < -0.39 is 0 Å². The van der Waals surface area contributed by atoms with E-state index in [1.165, 1.54) is 199 Å². The molecule has 0 aromatic heterocycles. The SMILES string of the molecule is C=C(CCCCCCCCCCCCCCCCC)C(=O)OCCCCCCCCCCCCCCCCCCCC. The van der Waals surface area contributed by atoms with E-state index in [4.69, 9.17) is 4.74 Å². The van der Waals surface area contributed by atoms with Crippen LogP contribution in [0, 0.1) is 0 Å². The Morgan fingerprint density at radius 1 is 0.381 bits per heavy atom. The molecule has 0 aromatic carbocycles. The molecule has 0 atom stereocenters. The van der Waals surface area contributed by atoms with Crippen molar-refractivity contribution in [2.24, 2.45) is 0 Å². The quantitative estimate of drug-likeness (QED) is 0.0412. The van der Waals surface area contributed by atoms with Crippen molar-refractivity contribution in [2.45, 2.75) is 232 Å². The van der Waals surface area contributed by atoms with Crippen molar-refractivity contribution >= 4 is 5.97 Å². The van der Waals surface area contributed by atoms with Gasteiger partial charge in [-0.1, -0.05) is 219 Å². The van der Waals surface area contributed by atoms with Crippen molar-refractivity contribution in [3.63, 3.8) is 0 Å². The summed E-state index contributed by atoms with van der Waals surface area (Å²) in [5.74, 6) is -0.160. The Hall–Kier alpha value is -0.790. The van der Waals surface area contributed by atoms with Gasteiger partial charge in [-0.15, -0.1) is 0 Å². The summed E-state index contributed by atoms with van der Waals surface area (Å²) < 4.78 is 5.47. The fraction of sp³-hybridized carbons (Fsp3) is 0.925. The Labute approximate surface area is 266 Å². The molecule has 0 amide bonds. The summed E-state index contributed by atoms with van der Waals surface area (Å²) in [7, 11) is 0. The second-order valence-electron chi connectivity index (χ2n) is 13.4. The Balaban J connectivity index is 3.26. The molecule has 0 aliphatic rings. The number of rotatable bonds is 36. The number of carbonyl (C=O) groups excluding carboxylic acids is 1. The van der Waals surface area contributed by atoms with Crippen LogP contribution in [0.25, 0.3) is 0 Å². The average molecular weight is 591 g/mol. The van der Waals surface area contributed by atoms with Crippen molar-refractivity contribution in [3.8, 4) is 0 Å². The Morgan fingerprint density at radius 2 is 0.619 bits per heavy atom. The van der Waals surface area contributed by atoms with Crippen LogP contribution in [-0.4, -0.2) is 12.6 Å². The van der Waals surface area contributed by atoms with Gasteiger partial charge in [0.25, 0.3) is 0 Å². The van der Waals surface area contributed by atoms with E-state index in [0.29, 0.717) is 12.2 Å². The first-order chi connectivity index (χ1) is 20.7. The molecule has 0 radical (unpaired) electrons. The number of esters is 1. The predicted molar refractivity (Wildman–Crippen MR) is 188 cm³/mol. The molecule has 0 saturated carbocycles. The van der Waals surface area contributed by atoms with Gasteiger partial charge in [-0.25, -0.2) is 4.79 Å². The fourth-order valence-corrected chi connectivity index (χ4v) is 6.08. The van der Waals surface area contributed by atoms with Gasteiger partial charge in [-0.05, 0) is 19.3 Å². The van der Waals surface area contributed by atoms with Crippen molar-refractivity contribution in [2.75, 3.05) is 6.61 Å². The van der Waals surface area contributed by atoms with Crippen LogP contribution < -0.4 is 0 Å². The summed E-state index contributed by atoms with van der Waals surface area (Å²) in [5, 5.41) is 0. The van der Waals surface area contributed by atoms with E-state index in [2.05, 4.69) is 20.4 Å². The maximum atomic E-state index is 12.2. The molecule has 2 heteroatoms. The van der Waals surface area contributed by atoms with E-state index in [9.17, 15) is 4.79 Å². The number of hydrogen-bond acceptors (Lipinski definition) is 2. The number of ether oxygens (including phenoxy) is 1. The van der Waals surface area contributed by atoms with E-state index in [-0.39, 0.29) is 5.97 Å². The molecule has 0 N–H and O–H groups in total. The second kappa shape index (κ2) is 36.4. The van der Waals surface area contributed by atoms with Crippen molar-refractivity contribution in [1.29, 1.82) is 0 Å². The Bertz CT molecular complexity index is 540. The Kier molecular flexibility index (Phi) is 35.7. The minimum atomic E-state index is -0.160. The largest absolute Gasteiger partial charge is 0.462 e. The van der Waals surface area contributed by atoms with Crippen LogP contribution in [0.2, 0.25) is 0 Å². The summed E-state index contributed by atoms with van der Waals surface area (Å²) in [6.45, 7) is 9.13. The predicted octanol–water partition coefficient (Wildman–Crippen LogP) is 14.4. The van der Waals surface area contributed by atoms with Gasteiger partial charge >= 0.3 is 5.97 Å². The van der Waals surface area contributed by atoms with E-state index in [1.54, 1.807) is 0 Å². The van der Waals surface area contributed by atoms with E-state index in [0.717, 1.165) is 19.3 Å². The molecular weight excluding hydrogens is 512 g/mol. The molecule has 0 rings (SSSR count). The maximum Gasteiger partial charge on any atom is 0.333 e. The molecule has 0 aromatic rings. The highest BCUT2D eigenvalue weighted by molar-refractivity contribution is 5.87. The first-order valence-electron chi connectivity index (χ1n) is 19.6. The maximum absolute atomic E-state index is 12.2. The number of carbonyl (C=O) groups is 1. The molecular formula is C40H78O2. The normalized spacial score (nSPS) is 11.3. The van der Waals surface area contributed by atoms with Gasteiger partial charge in [0.05, 0.1) is 6.61 Å². The zero-order chi connectivity index (χ0) is 30.6. The second-order valence-corrected chi connectivity index (χ2v) is 13.4. The molecule has 0 unspecified atom stereocenters. The molecule has 2 nitrogen and oxygen atoms in total. The van der Waals surface area contributed by atoms with E-state index >= 15 is 0 Å². The van der Waals surface area contributed by atoms with Gasteiger partial charge in [0.2, 0.25) is 0 Å². The van der Waals surface area contributed by atoms with Gasteiger partial charge in [0.15, 0.2) is 0 Å². The van der Waals surface area contributed by atoms with Crippen LogP contribution in [0.3, 0.4) is 0 Å². The van der Waals surface area contributed by atoms with Crippen LogP contribution in [0.5, 0.6) is 0 Å². The smallest absolute Gasteiger partial charge is 0.333 e.